The number of benzene rings is 3. The fraction of sp³-hybridized carbons (Fsp3) is 0.241. The summed E-state index contributed by atoms with van der Waals surface area (Å²) in [5, 5.41) is 4.58. The number of amides is 2. The van der Waals surface area contributed by atoms with E-state index < -0.39 is 0 Å². The standard InChI is InChI=1S/C29H25N4O2/c1-31-19(16-32(30-31)15-18-9-3-2-4-10-18)17-33-28(34)26-24-20-11-5-6-12-21(20)25(27(26)29(33)35)23-14-8-7-13-22(23)24/h2-14,16,24-27H,15,17H2,1H3/q+1/t24?,25?,26-,27+. The van der Waals surface area contributed by atoms with E-state index >= 15 is 0 Å². The van der Waals surface area contributed by atoms with Crippen LogP contribution in [0.4, 0.5) is 0 Å². The van der Waals surface area contributed by atoms with Gasteiger partial charge in [0.1, 0.15) is 13.6 Å². The molecule has 3 aromatic carbocycles. The molecule has 2 bridgehead atoms. The van der Waals surface area contributed by atoms with E-state index in [1.807, 2.05) is 60.4 Å². The molecule has 3 aliphatic carbocycles. The van der Waals surface area contributed by atoms with E-state index in [0.29, 0.717) is 6.54 Å². The monoisotopic (exact) mass is 461 g/mol. The molecule has 0 radical (unpaired) electrons. The molecule has 0 unspecified atom stereocenters. The predicted octanol–water partition coefficient (Wildman–Crippen LogP) is 3.15. The molecule has 0 saturated carbocycles. The molecule has 1 saturated heterocycles. The summed E-state index contributed by atoms with van der Waals surface area (Å²) in [6, 6.07) is 26.8. The number of imide groups is 1. The van der Waals surface area contributed by atoms with Gasteiger partial charge in [-0.1, -0.05) is 78.9 Å². The second-order valence-corrected chi connectivity index (χ2v) is 9.84. The third-order valence-electron chi connectivity index (χ3n) is 8.01. The fourth-order valence-electron chi connectivity index (χ4n) is 6.56. The van der Waals surface area contributed by atoms with Crippen LogP contribution in [0, 0.1) is 11.8 Å². The van der Waals surface area contributed by atoms with Crippen LogP contribution in [0.15, 0.2) is 85.1 Å². The van der Waals surface area contributed by atoms with Gasteiger partial charge in [0, 0.05) is 11.8 Å². The van der Waals surface area contributed by atoms with Gasteiger partial charge in [-0.05, 0) is 27.8 Å². The van der Waals surface area contributed by atoms with Crippen molar-refractivity contribution in [3.63, 3.8) is 0 Å². The van der Waals surface area contributed by atoms with E-state index in [9.17, 15) is 9.59 Å². The molecule has 0 N–H and O–H groups in total. The van der Waals surface area contributed by atoms with E-state index in [1.54, 1.807) is 4.68 Å². The first kappa shape index (κ1) is 20.3. The van der Waals surface area contributed by atoms with Crippen molar-refractivity contribution in [2.24, 2.45) is 18.9 Å². The van der Waals surface area contributed by atoms with Crippen LogP contribution in [0.3, 0.4) is 0 Å². The predicted molar refractivity (Wildman–Crippen MR) is 128 cm³/mol. The maximum Gasteiger partial charge on any atom is 0.234 e. The Kier molecular flexibility index (Phi) is 4.34. The van der Waals surface area contributed by atoms with Gasteiger partial charge in [0.15, 0.2) is 11.9 Å². The minimum absolute atomic E-state index is 0.0604. The number of hydrogen-bond acceptors (Lipinski definition) is 3. The highest BCUT2D eigenvalue weighted by atomic mass is 16.2. The number of carbonyl (C=O) groups is 2. The Hall–Kier alpha value is -4.06. The SMILES string of the molecule is Cn1n[n+](Cc2ccccc2)cc1CN1C(=O)[C@@H]2C3c4ccccc4C(c4ccccc43)[C@@H]2C1=O. The third kappa shape index (κ3) is 2.89. The second kappa shape index (κ2) is 7.47. The first-order chi connectivity index (χ1) is 17.1. The largest absolute Gasteiger partial charge is 0.274 e. The van der Waals surface area contributed by atoms with E-state index in [1.165, 1.54) is 27.2 Å². The smallest absolute Gasteiger partial charge is 0.234 e. The Morgan fingerprint density at radius 2 is 1.23 bits per heavy atom. The molecule has 0 spiro atoms. The van der Waals surface area contributed by atoms with Gasteiger partial charge in [0.25, 0.3) is 0 Å². The molecule has 2 atom stereocenters. The van der Waals surface area contributed by atoms with Gasteiger partial charge < -0.3 is 0 Å². The Morgan fingerprint density at radius 3 is 1.74 bits per heavy atom. The number of carbonyl (C=O) groups excluding carboxylic acids is 2. The van der Waals surface area contributed by atoms with Crippen LogP contribution < -0.4 is 4.68 Å². The molecule has 2 amide bonds. The van der Waals surface area contributed by atoms with Crippen LogP contribution in [0.1, 0.15) is 45.3 Å². The first-order valence-electron chi connectivity index (χ1n) is 12.1. The lowest BCUT2D eigenvalue weighted by atomic mass is 9.55. The van der Waals surface area contributed by atoms with Crippen LogP contribution >= 0.6 is 0 Å². The van der Waals surface area contributed by atoms with Crippen LogP contribution in [0.5, 0.6) is 0 Å². The topological polar surface area (TPSA) is 59.1 Å². The van der Waals surface area contributed by atoms with Gasteiger partial charge in [0.05, 0.1) is 23.6 Å². The van der Waals surface area contributed by atoms with Crippen LogP contribution in [-0.4, -0.2) is 26.6 Å². The highest BCUT2D eigenvalue weighted by molar-refractivity contribution is 6.07. The van der Waals surface area contributed by atoms with E-state index in [4.69, 9.17) is 0 Å². The first-order valence-corrected chi connectivity index (χ1v) is 12.1. The molecule has 1 fully saturated rings. The fourth-order valence-corrected chi connectivity index (χ4v) is 6.56. The second-order valence-electron chi connectivity index (χ2n) is 9.84. The van der Waals surface area contributed by atoms with Gasteiger partial charge in [-0.25, -0.2) is 0 Å². The van der Waals surface area contributed by atoms with Crippen LogP contribution in [0.25, 0.3) is 0 Å². The Balaban J connectivity index is 1.24. The minimum atomic E-state index is -0.345. The lowest BCUT2D eigenvalue weighted by Gasteiger charge is -2.45. The summed E-state index contributed by atoms with van der Waals surface area (Å²) in [5.41, 5.74) is 6.77. The number of likely N-dealkylation sites (tertiary alicyclic amines) is 1. The van der Waals surface area contributed by atoms with Crippen molar-refractivity contribution in [3.8, 4) is 0 Å². The van der Waals surface area contributed by atoms with E-state index in [0.717, 1.165) is 11.3 Å². The van der Waals surface area contributed by atoms with Gasteiger partial charge in [-0.2, -0.15) is 0 Å². The number of aromatic nitrogens is 3. The summed E-state index contributed by atoms with van der Waals surface area (Å²) in [7, 11) is 1.87. The number of hydrogen-bond donors (Lipinski definition) is 0. The lowest BCUT2D eigenvalue weighted by molar-refractivity contribution is -0.747. The normalized spacial score (nSPS) is 23.9. The summed E-state index contributed by atoms with van der Waals surface area (Å²) in [6.45, 7) is 0.874. The van der Waals surface area contributed by atoms with Crippen molar-refractivity contribution in [1.82, 2.24) is 14.8 Å². The summed E-state index contributed by atoms with van der Waals surface area (Å²) in [6.07, 6.45) is 1.94. The van der Waals surface area contributed by atoms with Crippen molar-refractivity contribution >= 4 is 11.8 Å². The van der Waals surface area contributed by atoms with Crippen molar-refractivity contribution in [2.45, 2.75) is 24.9 Å². The Labute approximate surface area is 203 Å². The molecular weight excluding hydrogens is 436 g/mol. The molecule has 172 valence electrons. The van der Waals surface area contributed by atoms with Crippen LogP contribution in [-0.2, 0) is 29.7 Å². The highest BCUT2D eigenvalue weighted by Gasteiger charge is 2.61. The maximum atomic E-state index is 13.8. The highest BCUT2D eigenvalue weighted by Crippen LogP contribution is 2.61. The molecule has 8 rings (SSSR count). The molecule has 1 aliphatic heterocycles. The van der Waals surface area contributed by atoms with E-state index in [-0.39, 0.29) is 42.0 Å². The molecule has 4 aromatic rings. The Bertz CT molecular complexity index is 1380. The maximum absolute atomic E-state index is 13.8. The molecule has 1 aromatic heterocycles. The van der Waals surface area contributed by atoms with Crippen molar-refractivity contribution in [3.05, 3.63) is 119 Å². The van der Waals surface area contributed by atoms with E-state index in [2.05, 4.69) is 41.6 Å². The Morgan fingerprint density at radius 1 is 0.743 bits per heavy atom. The summed E-state index contributed by atoms with van der Waals surface area (Å²) >= 11 is 0. The lowest BCUT2D eigenvalue weighted by Crippen LogP contribution is -2.41. The van der Waals surface area contributed by atoms with Crippen molar-refractivity contribution in [1.29, 1.82) is 0 Å². The third-order valence-corrected chi connectivity index (χ3v) is 8.01. The molecule has 2 heterocycles. The zero-order valence-electron chi connectivity index (χ0n) is 19.4. The van der Waals surface area contributed by atoms with Crippen molar-refractivity contribution < 1.29 is 14.3 Å². The number of nitrogens with zero attached hydrogens (tertiary/aromatic N) is 4. The molecular formula is C29H25N4O2+. The molecule has 35 heavy (non-hydrogen) atoms. The number of aryl methyl sites for hydroxylation is 1. The summed E-state index contributed by atoms with van der Waals surface area (Å²) in [4.78, 5) is 29.2. The zero-order chi connectivity index (χ0) is 23.7. The molecule has 6 nitrogen and oxygen atoms in total. The van der Waals surface area contributed by atoms with Gasteiger partial charge in [0.2, 0.25) is 11.8 Å². The zero-order valence-corrected chi connectivity index (χ0v) is 19.4. The van der Waals surface area contributed by atoms with Gasteiger partial charge in [-0.15, -0.1) is 9.36 Å². The minimum Gasteiger partial charge on any atom is -0.274 e. The molecule has 6 heteroatoms. The average molecular weight is 462 g/mol. The van der Waals surface area contributed by atoms with Crippen LogP contribution in [0.2, 0.25) is 0 Å². The van der Waals surface area contributed by atoms with Crippen molar-refractivity contribution in [2.75, 3.05) is 0 Å². The quantitative estimate of drug-likeness (QED) is 0.347. The van der Waals surface area contributed by atoms with Gasteiger partial charge in [-0.3, -0.25) is 14.5 Å². The molecule has 4 aliphatic rings. The number of rotatable bonds is 4. The summed E-state index contributed by atoms with van der Waals surface area (Å²) < 4.78 is 3.63. The summed E-state index contributed by atoms with van der Waals surface area (Å²) in [5.74, 6) is -0.963. The average Bonchev–Trinajstić information content (AvgIpc) is 3.36. The van der Waals surface area contributed by atoms with Gasteiger partial charge >= 0.3 is 0 Å².